The van der Waals surface area contributed by atoms with Crippen LogP contribution in [-0.2, 0) is 57.2 Å². The third-order valence-corrected chi connectivity index (χ3v) is 11.1. The molecule has 0 aromatic carbocycles. The molecule has 2 bridgehead atoms. The molecule has 12 atom stereocenters. The Morgan fingerprint density at radius 1 is 0.891 bits per heavy atom. The van der Waals surface area contributed by atoms with Gasteiger partial charge in [0.05, 0.1) is 23.3 Å². The monoisotopic (exact) mass is 674 g/mol. The van der Waals surface area contributed by atoms with Crippen LogP contribution in [0.5, 0.6) is 0 Å². The number of hydrogen-bond acceptors (Lipinski definition) is 14. The quantitative estimate of drug-likeness (QED) is 0.213. The SMILES string of the molecule is CCC(=O)O[C@H]1[C@H]2CC[C@H]3[C@@](C)(O)[C@@H]4CC(=O)O[C@]4([C@@](C)(O)CCl)[C@H](OC(C)=O)[C@@H](OC(C)=O)[C@@]13[C@@H](OC(C)=O)[C@@]2(C)OC(C)=O. The van der Waals surface area contributed by atoms with Gasteiger partial charge in [0.1, 0.15) is 11.7 Å². The van der Waals surface area contributed by atoms with Gasteiger partial charge in [-0.3, -0.25) is 28.8 Å². The van der Waals surface area contributed by atoms with E-state index < -0.39 is 118 Å². The number of hydrogen-bond donors (Lipinski definition) is 2. The Hall–Kier alpha value is -2.97. The molecule has 4 rings (SSSR count). The summed E-state index contributed by atoms with van der Waals surface area (Å²) in [6, 6.07) is 0. The van der Waals surface area contributed by atoms with E-state index in [9.17, 15) is 39.0 Å². The summed E-state index contributed by atoms with van der Waals surface area (Å²) >= 11 is 6.32. The Kier molecular flexibility index (Phi) is 9.30. The van der Waals surface area contributed by atoms with Crippen LogP contribution in [0.2, 0.25) is 0 Å². The van der Waals surface area contributed by atoms with Crippen LogP contribution in [0.25, 0.3) is 0 Å². The van der Waals surface area contributed by atoms with Crippen LogP contribution < -0.4 is 0 Å². The van der Waals surface area contributed by atoms with Crippen LogP contribution in [0.3, 0.4) is 0 Å². The summed E-state index contributed by atoms with van der Waals surface area (Å²) in [5.41, 5.74) is -10.5. The molecule has 1 heterocycles. The molecule has 0 unspecified atom stereocenters. The van der Waals surface area contributed by atoms with Gasteiger partial charge in [-0.1, -0.05) is 6.92 Å². The summed E-state index contributed by atoms with van der Waals surface area (Å²) < 4.78 is 35.9. The minimum atomic E-state index is -2.36. The summed E-state index contributed by atoms with van der Waals surface area (Å²) in [4.78, 5) is 77.9. The first-order chi connectivity index (χ1) is 21.2. The van der Waals surface area contributed by atoms with Crippen LogP contribution in [0, 0.1) is 23.2 Å². The number of aliphatic hydroxyl groups is 2. The predicted molar refractivity (Wildman–Crippen MR) is 155 cm³/mol. The zero-order chi connectivity index (χ0) is 34.8. The first-order valence-corrected chi connectivity index (χ1v) is 15.8. The molecule has 3 aliphatic carbocycles. The van der Waals surface area contributed by atoms with Crippen LogP contribution in [0.1, 0.15) is 81.1 Å². The Morgan fingerprint density at radius 3 is 1.96 bits per heavy atom. The average molecular weight is 675 g/mol. The molecule has 0 radical (unpaired) electrons. The van der Waals surface area contributed by atoms with Crippen molar-refractivity contribution in [2.24, 2.45) is 23.2 Å². The number of fused-ring (bicyclic) bond motifs is 2. The Morgan fingerprint density at radius 2 is 1.46 bits per heavy atom. The molecule has 0 amide bonds. The molecular weight excluding hydrogens is 632 g/mol. The van der Waals surface area contributed by atoms with E-state index in [0.717, 1.165) is 27.7 Å². The molecule has 0 aromatic heterocycles. The molecule has 46 heavy (non-hydrogen) atoms. The van der Waals surface area contributed by atoms with Crippen molar-refractivity contribution in [2.75, 3.05) is 5.88 Å². The fourth-order valence-corrected chi connectivity index (χ4v) is 9.47. The van der Waals surface area contributed by atoms with Crippen LogP contribution >= 0.6 is 11.6 Å². The number of rotatable bonds is 8. The molecule has 2 N–H and O–H groups in total. The maximum absolute atomic E-state index is 13.2. The van der Waals surface area contributed by atoms with Crippen molar-refractivity contribution in [1.29, 1.82) is 0 Å². The lowest BCUT2D eigenvalue weighted by Gasteiger charge is -2.54. The van der Waals surface area contributed by atoms with Crippen molar-refractivity contribution >= 4 is 47.4 Å². The molecule has 1 aliphatic heterocycles. The van der Waals surface area contributed by atoms with E-state index in [1.54, 1.807) is 6.92 Å². The molecule has 14 nitrogen and oxygen atoms in total. The molecule has 1 spiro atoms. The third-order valence-electron chi connectivity index (χ3n) is 10.6. The van der Waals surface area contributed by atoms with E-state index >= 15 is 0 Å². The minimum absolute atomic E-state index is 0.0702. The highest BCUT2D eigenvalue weighted by molar-refractivity contribution is 6.18. The summed E-state index contributed by atoms with van der Waals surface area (Å²) in [5, 5.41) is 24.8. The Bertz CT molecular complexity index is 1310. The summed E-state index contributed by atoms with van der Waals surface area (Å²) in [5.74, 6) is -9.16. The molecule has 0 aromatic rings. The highest BCUT2D eigenvalue weighted by Crippen LogP contribution is 2.71. The second-order valence-electron chi connectivity index (χ2n) is 13.5. The first kappa shape index (κ1) is 35.9. The van der Waals surface area contributed by atoms with E-state index in [2.05, 4.69) is 0 Å². The predicted octanol–water partition coefficient (Wildman–Crippen LogP) is 1.51. The zero-order valence-electron chi connectivity index (χ0n) is 27.2. The van der Waals surface area contributed by atoms with Crippen LogP contribution in [0.15, 0.2) is 0 Å². The molecule has 15 heteroatoms. The van der Waals surface area contributed by atoms with E-state index in [0.29, 0.717) is 0 Å². The molecular formula is C31H43ClO14. The van der Waals surface area contributed by atoms with Crippen LogP contribution in [-0.4, -0.2) is 98.7 Å². The third kappa shape index (κ3) is 5.06. The fourth-order valence-electron chi connectivity index (χ4n) is 9.26. The van der Waals surface area contributed by atoms with Gasteiger partial charge in [0.2, 0.25) is 0 Å². The lowest BCUT2D eigenvalue weighted by molar-refractivity contribution is -0.264. The summed E-state index contributed by atoms with van der Waals surface area (Å²) in [7, 11) is 0. The van der Waals surface area contributed by atoms with Gasteiger partial charge in [0, 0.05) is 51.9 Å². The van der Waals surface area contributed by atoms with Gasteiger partial charge >= 0.3 is 35.8 Å². The van der Waals surface area contributed by atoms with Gasteiger partial charge < -0.3 is 38.6 Å². The Balaban J connectivity index is 2.26. The zero-order valence-corrected chi connectivity index (χ0v) is 28.0. The largest absolute Gasteiger partial charge is 0.461 e. The van der Waals surface area contributed by atoms with E-state index in [1.165, 1.54) is 20.8 Å². The van der Waals surface area contributed by atoms with Gasteiger partial charge in [0.25, 0.3) is 0 Å². The number of carbonyl (C=O) groups excluding carboxylic acids is 6. The summed E-state index contributed by atoms with van der Waals surface area (Å²) in [6.45, 7) is 9.99. The fraction of sp³-hybridized carbons (Fsp3) is 0.806. The van der Waals surface area contributed by atoms with E-state index in [4.69, 9.17) is 40.0 Å². The minimum Gasteiger partial charge on any atom is -0.461 e. The number of ether oxygens (including phenoxy) is 6. The van der Waals surface area contributed by atoms with Crippen molar-refractivity contribution in [2.45, 2.75) is 128 Å². The molecule has 3 saturated carbocycles. The van der Waals surface area contributed by atoms with Gasteiger partial charge in [-0.15, -0.1) is 11.6 Å². The highest BCUT2D eigenvalue weighted by atomic mass is 35.5. The maximum Gasteiger partial charge on any atom is 0.307 e. The van der Waals surface area contributed by atoms with Crippen molar-refractivity contribution < 1.29 is 67.4 Å². The molecule has 4 aliphatic rings. The first-order valence-electron chi connectivity index (χ1n) is 15.3. The van der Waals surface area contributed by atoms with Crippen molar-refractivity contribution in [3.63, 3.8) is 0 Å². The van der Waals surface area contributed by atoms with Crippen molar-refractivity contribution in [3.8, 4) is 0 Å². The van der Waals surface area contributed by atoms with Crippen molar-refractivity contribution in [3.05, 3.63) is 0 Å². The van der Waals surface area contributed by atoms with Gasteiger partial charge in [0.15, 0.2) is 29.5 Å². The molecule has 258 valence electrons. The smallest absolute Gasteiger partial charge is 0.307 e. The van der Waals surface area contributed by atoms with E-state index in [1.807, 2.05) is 0 Å². The standard InChI is InChI=1S/C31H43ClO14/c1-9-21(37)44-23-18-10-11-19-28(7,40)20-12-22(38)46-31(20,27(6,39)13-32)25(42-15(3)34)24(41-14(2)33)30(19,23)26(43-16(4)35)29(18,8)45-17(5)36/h18-20,23-26,39-40H,9-13H2,1-8H3/t18-,19+,20+,23+,24-,25-,26+,27+,28-,29+,30+,31+/m1/s1. The second-order valence-corrected chi connectivity index (χ2v) is 13.8. The van der Waals surface area contributed by atoms with Gasteiger partial charge in [-0.2, -0.15) is 0 Å². The number of halogens is 1. The lowest BCUT2D eigenvalue weighted by Crippen LogP contribution is -2.71. The van der Waals surface area contributed by atoms with Gasteiger partial charge in [-0.05, 0) is 33.6 Å². The maximum atomic E-state index is 13.2. The number of alkyl halides is 1. The van der Waals surface area contributed by atoms with E-state index in [-0.39, 0.29) is 19.3 Å². The van der Waals surface area contributed by atoms with Gasteiger partial charge in [-0.25, -0.2) is 0 Å². The lowest BCUT2D eigenvalue weighted by atomic mass is 9.55. The van der Waals surface area contributed by atoms with Crippen LogP contribution in [0.4, 0.5) is 0 Å². The molecule has 1 saturated heterocycles. The van der Waals surface area contributed by atoms with Crippen molar-refractivity contribution in [1.82, 2.24) is 0 Å². The average Bonchev–Trinajstić information content (AvgIpc) is 3.33. The highest BCUT2D eigenvalue weighted by Gasteiger charge is 2.87. The second kappa shape index (κ2) is 11.9. The number of esters is 6. The molecule has 4 fully saturated rings. The number of carbonyl (C=O) groups is 6. The normalized spacial score (nSPS) is 42.2. The topological polar surface area (TPSA) is 198 Å². The Labute approximate surface area is 271 Å². The summed E-state index contributed by atoms with van der Waals surface area (Å²) in [6.07, 6.45) is -7.16.